The number of terminal acetylenes is 1. The number of alkyl halides is 3. The predicted molar refractivity (Wildman–Crippen MR) is 67.1 cm³/mol. The van der Waals surface area contributed by atoms with Crippen LogP contribution in [0.2, 0.25) is 10.0 Å². The molecule has 0 aliphatic heterocycles. The average Bonchev–Trinajstić information content (AvgIpc) is 3.10. The third kappa shape index (κ3) is 2.43. The molecule has 1 nitrogen and oxygen atoms in total. The molecule has 19 heavy (non-hydrogen) atoms. The van der Waals surface area contributed by atoms with E-state index in [1.807, 2.05) is 0 Å². The molecular formula is C13H9Cl2F3O. The molecule has 102 valence electrons. The molecule has 0 amide bonds. The van der Waals surface area contributed by atoms with Crippen LogP contribution in [-0.2, 0) is 0 Å². The molecule has 1 aromatic carbocycles. The fraction of sp³-hybridized carbons (Fsp3) is 0.385. The van der Waals surface area contributed by atoms with Gasteiger partial charge in [0.2, 0.25) is 5.60 Å². The van der Waals surface area contributed by atoms with Gasteiger partial charge in [-0.2, -0.15) is 13.2 Å². The standard InChI is InChI=1S/C13H9Cl2F3O/c1-2-12(19,13(16,17)18)9-6-8(9)7-3-4-10(14)11(15)5-7/h1,3-5,8-9,19H,6H2. The number of halogens is 5. The lowest BCUT2D eigenvalue weighted by Gasteiger charge is -2.25. The summed E-state index contributed by atoms with van der Waals surface area (Å²) in [6, 6.07) is 4.60. The Labute approximate surface area is 118 Å². The van der Waals surface area contributed by atoms with E-state index < -0.39 is 23.6 Å². The van der Waals surface area contributed by atoms with Gasteiger partial charge in [0.05, 0.1) is 10.0 Å². The van der Waals surface area contributed by atoms with Crippen LogP contribution >= 0.6 is 23.2 Å². The Hall–Kier alpha value is -0.890. The zero-order chi connectivity index (χ0) is 14.4. The molecule has 2 rings (SSSR count). The first kappa shape index (κ1) is 14.5. The third-order valence-electron chi connectivity index (χ3n) is 3.35. The number of benzene rings is 1. The summed E-state index contributed by atoms with van der Waals surface area (Å²) in [5.74, 6) is -0.0297. The van der Waals surface area contributed by atoms with Crippen molar-refractivity contribution in [2.75, 3.05) is 0 Å². The minimum absolute atomic E-state index is 0.165. The molecule has 1 aliphatic carbocycles. The molecule has 1 fully saturated rings. The first-order chi connectivity index (χ1) is 8.70. The Balaban J connectivity index is 2.25. The molecule has 1 saturated carbocycles. The second-order valence-corrected chi connectivity index (χ2v) is 5.35. The van der Waals surface area contributed by atoms with Crippen LogP contribution in [0, 0.1) is 18.3 Å². The van der Waals surface area contributed by atoms with Gasteiger partial charge in [-0.1, -0.05) is 35.2 Å². The Morgan fingerprint density at radius 2 is 1.89 bits per heavy atom. The number of rotatable bonds is 2. The molecule has 1 N–H and O–H groups in total. The maximum atomic E-state index is 12.8. The van der Waals surface area contributed by atoms with Crippen molar-refractivity contribution in [2.45, 2.75) is 24.1 Å². The number of aliphatic hydroxyl groups is 1. The zero-order valence-corrected chi connectivity index (χ0v) is 11.0. The highest BCUT2D eigenvalue weighted by Gasteiger charge is 2.65. The average molecular weight is 309 g/mol. The second-order valence-electron chi connectivity index (χ2n) is 4.53. The summed E-state index contributed by atoms with van der Waals surface area (Å²) in [6.07, 6.45) is 0.176. The van der Waals surface area contributed by atoms with Gasteiger partial charge in [0.25, 0.3) is 0 Å². The lowest BCUT2D eigenvalue weighted by molar-refractivity contribution is -0.243. The van der Waals surface area contributed by atoms with Crippen molar-refractivity contribution < 1.29 is 18.3 Å². The fourth-order valence-electron chi connectivity index (χ4n) is 2.17. The van der Waals surface area contributed by atoms with Crippen LogP contribution in [-0.4, -0.2) is 16.9 Å². The van der Waals surface area contributed by atoms with Gasteiger partial charge in [0.15, 0.2) is 0 Å². The summed E-state index contributed by atoms with van der Waals surface area (Å²) in [7, 11) is 0. The van der Waals surface area contributed by atoms with E-state index in [4.69, 9.17) is 29.6 Å². The van der Waals surface area contributed by atoms with Gasteiger partial charge < -0.3 is 5.11 Å². The highest BCUT2D eigenvalue weighted by molar-refractivity contribution is 6.42. The Morgan fingerprint density at radius 1 is 1.26 bits per heavy atom. The molecule has 0 bridgehead atoms. The lowest BCUT2D eigenvalue weighted by atomic mass is 9.94. The van der Waals surface area contributed by atoms with Crippen LogP contribution in [0.4, 0.5) is 13.2 Å². The first-order valence-electron chi connectivity index (χ1n) is 5.42. The maximum absolute atomic E-state index is 12.8. The van der Waals surface area contributed by atoms with E-state index in [-0.39, 0.29) is 11.4 Å². The van der Waals surface area contributed by atoms with Gasteiger partial charge in [0.1, 0.15) is 0 Å². The molecule has 0 radical (unpaired) electrons. The molecular weight excluding hydrogens is 300 g/mol. The molecule has 1 aromatic rings. The summed E-state index contributed by atoms with van der Waals surface area (Å²) < 4.78 is 38.4. The fourth-order valence-corrected chi connectivity index (χ4v) is 2.47. The Kier molecular flexibility index (Phi) is 3.51. The Morgan fingerprint density at radius 3 is 2.37 bits per heavy atom. The third-order valence-corrected chi connectivity index (χ3v) is 4.09. The molecule has 6 heteroatoms. The molecule has 0 saturated heterocycles. The normalized spacial score (nSPS) is 25.5. The van der Waals surface area contributed by atoms with Crippen molar-refractivity contribution in [3.05, 3.63) is 33.8 Å². The number of hydrogen-bond acceptors (Lipinski definition) is 1. The van der Waals surface area contributed by atoms with Gasteiger partial charge in [-0.25, -0.2) is 0 Å². The van der Waals surface area contributed by atoms with Crippen molar-refractivity contribution in [1.29, 1.82) is 0 Å². The largest absolute Gasteiger partial charge is 0.428 e. The van der Waals surface area contributed by atoms with Crippen molar-refractivity contribution >= 4 is 23.2 Å². The van der Waals surface area contributed by atoms with Gasteiger partial charge in [-0.3, -0.25) is 0 Å². The van der Waals surface area contributed by atoms with Crippen molar-refractivity contribution in [2.24, 2.45) is 5.92 Å². The topological polar surface area (TPSA) is 20.2 Å². The van der Waals surface area contributed by atoms with Crippen LogP contribution in [0.5, 0.6) is 0 Å². The van der Waals surface area contributed by atoms with E-state index in [0.29, 0.717) is 10.6 Å². The van der Waals surface area contributed by atoms with Crippen LogP contribution in [0.15, 0.2) is 18.2 Å². The highest BCUT2D eigenvalue weighted by atomic mass is 35.5. The smallest absolute Gasteiger partial charge is 0.369 e. The van der Waals surface area contributed by atoms with Crippen LogP contribution < -0.4 is 0 Å². The van der Waals surface area contributed by atoms with E-state index in [9.17, 15) is 18.3 Å². The summed E-state index contributed by atoms with van der Waals surface area (Å²) in [6.45, 7) is 0. The first-order valence-corrected chi connectivity index (χ1v) is 6.18. The monoisotopic (exact) mass is 308 g/mol. The van der Waals surface area contributed by atoms with E-state index in [1.54, 1.807) is 6.07 Å². The van der Waals surface area contributed by atoms with Crippen LogP contribution in [0.3, 0.4) is 0 Å². The SMILES string of the molecule is C#CC(O)(C1CC1c1ccc(Cl)c(Cl)c1)C(F)(F)F. The van der Waals surface area contributed by atoms with E-state index in [1.165, 1.54) is 18.1 Å². The predicted octanol–water partition coefficient (Wildman–Crippen LogP) is 4.02. The van der Waals surface area contributed by atoms with Crippen molar-refractivity contribution in [3.63, 3.8) is 0 Å². The number of hydrogen-bond donors (Lipinski definition) is 1. The minimum Gasteiger partial charge on any atom is -0.369 e. The molecule has 0 heterocycles. The van der Waals surface area contributed by atoms with Gasteiger partial charge in [-0.15, -0.1) is 6.42 Å². The molecule has 1 aliphatic rings. The van der Waals surface area contributed by atoms with Crippen molar-refractivity contribution in [1.82, 2.24) is 0 Å². The highest BCUT2D eigenvalue weighted by Crippen LogP contribution is 2.57. The summed E-state index contributed by atoms with van der Waals surface area (Å²) >= 11 is 11.6. The minimum atomic E-state index is -4.85. The van der Waals surface area contributed by atoms with E-state index >= 15 is 0 Å². The van der Waals surface area contributed by atoms with E-state index in [0.717, 1.165) is 0 Å². The second kappa shape index (κ2) is 4.59. The summed E-state index contributed by atoms with van der Waals surface area (Å²) in [5.41, 5.74) is -2.50. The van der Waals surface area contributed by atoms with Crippen LogP contribution in [0.25, 0.3) is 0 Å². The van der Waals surface area contributed by atoms with E-state index in [2.05, 4.69) is 0 Å². The van der Waals surface area contributed by atoms with Gasteiger partial charge in [0, 0.05) is 5.92 Å². The summed E-state index contributed by atoms with van der Waals surface area (Å²) in [5, 5.41) is 10.2. The van der Waals surface area contributed by atoms with Gasteiger partial charge in [-0.05, 0) is 30.0 Å². The molecule has 0 spiro atoms. The lowest BCUT2D eigenvalue weighted by Crippen LogP contribution is -2.46. The summed E-state index contributed by atoms with van der Waals surface area (Å²) in [4.78, 5) is 0. The molecule has 3 atom stereocenters. The molecule has 3 unspecified atom stereocenters. The zero-order valence-electron chi connectivity index (χ0n) is 9.51. The van der Waals surface area contributed by atoms with Gasteiger partial charge >= 0.3 is 6.18 Å². The Bertz CT molecular complexity index is 550. The quantitative estimate of drug-likeness (QED) is 0.818. The maximum Gasteiger partial charge on any atom is 0.428 e. The van der Waals surface area contributed by atoms with Crippen LogP contribution in [0.1, 0.15) is 17.9 Å². The van der Waals surface area contributed by atoms with Crippen molar-refractivity contribution in [3.8, 4) is 12.3 Å². The molecule has 0 aromatic heterocycles.